The van der Waals surface area contributed by atoms with E-state index in [2.05, 4.69) is 9.97 Å². The van der Waals surface area contributed by atoms with Crippen molar-refractivity contribution in [3.05, 3.63) is 47.0 Å². The molecule has 2 aromatic heterocycles. The molecular formula is C13H14N2O2. The van der Waals surface area contributed by atoms with E-state index < -0.39 is 0 Å². The summed E-state index contributed by atoms with van der Waals surface area (Å²) in [6.07, 6.45) is 0.653. The van der Waals surface area contributed by atoms with Crippen LogP contribution in [0, 0.1) is 0 Å². The van der Waals surface area contributed by atoms with E-state index in [1.165, 1.54) is 13.8 Å². The van der Waals surface area contributed by atoms with Crippen LogP contribution >= 0.6 is 0 Å². The summed E-state index contributed by atoms with van der Waals surface area (Å²) in [4.78, 5) is 28.3. The first-order valence-electron chi connectivity index (χ1n) is 5.44. The molecule has 2 aromatic rings. The van der Waals surface area contributed by atoms with Crippen LogP contribution in [-0.2, 0) is 6.42 Å². The van der Waals surface area contributed by atoms with Crippen LogP contribution in [0.2, 0.25) is 0 Å². The Morgan fingerprint density at radius 3 is 1.59 bits per heavy atom. The maximum absolute atomic E-state index is 11.1. The largest absolute Gasteiger partial charge is 0.356 e. The SMILES string of the molecule is CC(=O)c1ccc(Cc2ccc(C(C)=O)[nH]2)[nH]1. The lowest BCUT2D eigenvalue weighted by Crippen LogP contribution is -1.95. The lowest BCUT2D eigenvalue weighted by atomic mass is 10.2. The number of hydrogen-bond donors (Lipinski definition) is 2. The van der Waals surface area contributed by atoms with E-state index in [9.17, 15) is 9.59 Å². The van der Waals surface area contributed by atoms with Crippen LogP contribution in [0.3, 0.4) is 0 Å². The summed E-state index contributed by atoms with van der Waals surface area (Å²) < 4.78 is 0. The van der Waals surface area contributed by atoms with Gasteiger partial charge in [-0.25, -0.2) is 0 Å². The summed E-state index contributed by atoms with van der Waals surface area (Å²) in [5, 5.41) is 0. The summed E-state index contributed by atoms with van der Waals surface area (Å²) in [6.45, 7) is 3.05. The lowest BCUT2D eigenvalue weighted by molar-refractivity contribution is 0.100. The fourth-order valence-corrected chi connectivity index (χ4v) is 1.70. The standard InChI is InChI=1S/C13H14N2O2/c1-8(16)12-5-3-10(14-12)7-11-4-6-13(15-11)9(2)17/h3-6,14-15H,7H2,1-2H3. The number of rotatable bonds is 4. The Hall–Kier alpha value is -2.10. The molecule has 0 amide bonds. The highest BCUT2D eigenvalue weighted by Crippen LogP contribution is 2.10. The Balaban J connectivity index is 2.13. The molecular weight excluding hydrogens is 216 g/mol. The minimum atomic E-state index is 0.0205. The van der Waals surface area contributed by atoms with Crippen molar-refractivity contribution in [1.29, 1.82) is 0 Å². The fourth-order valence-electron chi connectivity index (χ4n) is 1.70. The zero-order valence-electron chi connectivity index (χ0n) is 9.83. The number of hydrogen-bond acceptors (Lipinski definition) is 2. The van der Waals surface area contributed by atoms with Gasteiger partial charge in [-0.1, -0.05) is 0 Å². The summed E-state index contributed by atoms with van der Waals surface area (Å²) in [5.74, 6) is 0.0410. The molecule has 0 saturated carbocycles. The van der Waals surface area contributed by atoms with Gasteiger partial charge in [0.05, 0.1) is 11.4 Å². The highest BCUT2D eigenvalue weighted by molar-refractivity contribution is 5.92. The Morgan fingerprint density at radius 1 is 0.882 bits per heavy atom. The van der Waals surface area contributed by atoms with Crippen LogP contribution in [0.4, 0.5) is 0 Å². The van der Waals surface area contributed by atoms with Crippen molar-refractivity contribution in [2.24, 2.45) is 0 Å². The molecule has 0 aliphatic heterocycles. The minimum Gasteiger partial charge on any atom is -0.356 e. The maximum Gasteiger partial charge on any atom is 0.175 e. The van der Waals surface area contributed by atoms with Crippen LogP contribution in [-0.4, -0.2) is 21.5 Å². The van der Waals surface area contributed by atoms with Crippen LogP contribution in [0.15, 0.2) is 24.3 Å². The Bertz CT molecular complexity index is 513. The Labute approximate surface area is 99.1 Å². The summed E-state index contributed by atoms with van der Waals surface area (Å²) >= 11 is 0. The first-order chi connectivity index (χ1) is 8.06. The van der Waals surface area contributed by atoms with Crippen molar-refractivity contribution in [3.63, 3.8) is 0 Å². The third-order valence-electron chi connectivity index (χ3n) is 2.63. The van der Waals surface area contributed by atoms with Gasteiger partial charge in [-0.3, -0.25) is 9.59 Å². The van der Waals surface area contributed by atoms with E-state index >= 15 is 0 Å². The van der Waals surface area contributed by atoms with E-state index in [-0.39, 0.29) is 11.6 Å². The van der Waals surface area contributed by atoms with Gasteiger partial charge in [0.15, 0.2) is 11.6 Å². The highest BCUT2D eigenvalue weighted by Gasteiger charge is 2.06. The second-order valence-corrected chi connectivity index (χ2v) is 4.08. The maximum atomic E-state index is 11.1. The van der Waals surface area contributed by atoms with Gasteiger partial charge < -0.3 is 9.97 Å². The van der Waals surface area contributed by atoms with Crippen LogP contribution < -0.4 is 0 Å². The van der Waals surface area contributed by atoms with Crippen molar-refractivity contribution in [2.45, 2.75) is 20.3 Å². The molecule has 2 N–H and O–H groups in total. The van der Waals surface area contributed by atoms with Crippen molar-refractivity contribution < 1.29 is 9.59 Å². The molecule has 0 fully saturated rings. The molecule has 17 heavy (non-hydrogen) atoms. The quantitative estimate of drug-likeness (QED) is 0.792. The monoisotopic (exact) mass is 230 g/mol. The smallest absolute Gasteiger partial charge is 0.175 e. The molecule has 4 nitrogen and oxygen atoms in total. The fraction of sp³-hybridized carbons (Fsp3) is 0.231. The molecule has 0 aromatic carbocycles. The third kappa shape index (κ3) is 2.53. The zero-order valence-corrected chi connectivity index (χ0v) is 9.83. The first kappa shape index (κ1) is 11.4. The van der Waals surface area contributed by atoms with Gasteiger partial charge in [-0.15, -0.1) is 0 Å². The molecule has 0 radical (unpaired) electrons. The van der Waals surface area contributed by atoms with E-state index in [0.717, 1.165) is 11.4 Å². The average Bonchev–Trinajstić information content (AvgIpc) is 2.87. The molecule has 88 valence electrons. The van der Waals surface area contributed by atoms with Crippen molar-refractivity contribution in [2.75, 3.05) is 0 Å². The average molecular weight is 230 g/mol. The normalized spacial score (nSPS) is 10.5. The van der Waals surface area contributed by atoms with Crippen molar-refractivity contribution in [3.8, 4) is 0 Å². The van der Waals surface area contributed by atoms with Gasteiger partial charge in [-0.2, -0.15) is 0 Å². The minimum absolute atomic E-state index is 0.0205. The predicted molar refractivity (Wildman–Crippen MR) is 64.4 cm³/mol. The van der Waals surface area contributed by atoms with Gasteiger partial charge >= 0.3 is 0 Å². The van der Waals surface area contributed by atoms with Gasteiger partial charge in [0, 0.05) is 31.7 Å². The van der Waals surface area contributed by atoms with E-state index in [1.54, 1.807) is 12.1 Å². The molecule has 0 unspecified atom stereocenters. The van der Waals surface area contributed by atoms with Crippen molar-refractivity contribution in [1.82, 2.24) is 9.97 Å². The van der Waals surface area contributed by atoms with Gasteiger partial charge in [-0.05, 0) is 24.3 Å². The molecule has 0 aliphatic carbocycles. The number of Topliss-reactive ketones (excluding diaryl/α,β-unsaturated/α-hetero) is 2. The van der Waals surface area contributed by atoms with Gasteiger partial charge in [0.25, 0.3) is 0 Å². The number of carbonyl (C=O) groups is 2. The molecule has 0 atom stereocenters. The van der Waals surface area contributed by atoms with E-state index in [1.807, 2.05) is 12.1 Å². The molecule has 2 heterocycles. The number of aromatic amines is 2. The molecule has 0 saturated heterocycles. The van der Waals surface area contributed by atoms with E-state index in [4.69, 9.17) is 0 Å². The summed E-state index contributed by atoms with van der Waals surface area (Å²) in [5.41, 5.74) is 3.12. The summed E-state index contributed by atoms with van der Waals surface area (Å²) in [6, 6.07) is 7.30. The lowest BCUT2D eigenvalue weighted by Gasteiger charge is -1.95. The second-order valence-electron chi connectivity index (χ2n) is 4.08. The molecule has 4 heteroatoms. The first-order valence-corrected chi connectivity index (χ1v) is 5.44. The Morgan fingerprint density at radius 2 is 1.29 bits per heavy atom. The number of nitrogens with one attached hydrogen (secondary N) is 2. The number of ketones is 2. The Kier molecular flexibility index (Phi) is 2.95. The second kappa shape index (κ2) is 4.41. The van der Waals surface area contributed by atoms with Crippen LogP contribution in [0.1, 0.15) is 46.2 Å². The predicted octanol–water partition coefficient (Wildman–Crippen LogP) is 2.34. The van der Waals surface area contributed by atoms with E-state index in [0.29, 0.717) is 17.8 Å². The van der Waals surface area contributed by atoms with Crippen LogP contribution in [0.25, 0.3) is 0 Å². The number of aromatic nitrogens is 2. The zero-order chi connectivity index (χ0) is 12.4. The molecule has 0 spiro atoms. The molecule has 0 aliphatic rings. The molecule has 2 rings (SSSR count). The summed E-state index contributed by atoms with van der Waals surface area (Å²) in [7, 11) is 0. The van der Waals surface area contributed by atoms with Gasteiger partial charge in [0.2, 0.25) is 0 Å². The number of carbonyl (C=O) groups excluding carboxylic acids is 2. The highest BCUT2D eigenvalue weighted by atomic mass is 16.1. The molecule has 0 bridgehead atoms. The van der Waals surface area contributed by atoms with Crippen molar-refractivity contribution >= 4 is 11.6 Å². The van der Waals surface area contributed by atoms with Gasteiger partial charge in [0.1, 0.15) is 0 Å². The van der Waals surface area contributed by atoms with Crippen LogP contribution in [0.5, 0.6) is 0 Å². The third-order valence-corrected chi connectivity index (χ3v) is 2.63. The number of H-pyrrole nitrogens is 2. The topological polar surface area (TPSA) is 65.7 Å².